The highest BCUT2D eigenvalue weighted by Crippen LogP contribution is 2.24. The molecular weight excluding hydrogens is 261 g/mol. The third kappa shape index (κ3) is 3.34. The van der Waals surface area contributed by atoms with E-state index in [2.05, 4.69) is 19.1 Å². The highest BCUT2D eigenvalue weighted by molar-refractivity contribution is 6.30. The SMILES string of the molecule is CCc1ccc(CC(N)c2cccc(Cl)c2F)cc1. The number of rotatable bonds is 4. The maximum Gasteiger partial charge on any atom is 0.146 e. The van der Waals surface area contributed by atoms with E-state index in [9.17, 15) is 4.39 Å². The fraction of sp³-hybridized carbons (Fsp3) is 0.250. The average molecular weight is 278 g/mol. The minimum atomic E-state index is -0.415. The molecule has 19 heavy (non-hydrogen) atoms. The fourth-order valence-electron chi connectivity index (χ4n) is 2.08. The van der Waals surface area contributed by atoms with Gasteiger partial charge in [0.05, 0.1) is 5.02 Å². The van der Waals surface area contributed by atoms with Crippen molar-refractivity contribution in [2.45, 2.75) is 25.8 Å². The smallest absolute Gasteiger partial charge is 0.146 e. The lowest BCUT2D eigenvalue weighted by molar-refractivity contribution is 0.581. The van der Waals surface area contributed by atoms with E-state index in [-0.39, 0.29) is 11.1 Å². The normalized spacial score (nSPS) is 12.4. The lowest BCUT2D eigenvalue weighted by Gasteiger charge is -2.14. The van der Waals surface area contributed by atoms with Gasteiger partial charge in [0.15, 0.2) is 0 Å². The Balaban J connectivity index is 2.15. The Hall–Kier alpha value is -1.38. The quantitative estimate of drug-likeness (QED) is 0.887. The summed E-state index contributed by atoms with van der Waals surface area (Å²) in [4.78, 5) is 0. The van der Waals surface area contributed by atoms with Crippen molar-refractivity contribution in [1.82, 2.24) is 0 Å². The summed E-state index contributed by atoms with van der Waals surface area (Å²) < 4.78 is 13.9. The molecule has 0 aliphatic rings. The van der Waals surface area contributed by atoms with E-state index in [0.29, 0.717) is 12.0 Å². The summed E-state index contributed by atoms with van der Waals surface area (Å²) in [5.41, 5.74) is 8.92. The van der Waals surface area contributed by atoms with Crippen molar-refractivity contribution in [2.24, 2.45) is 5.73 Å². The van der Waals surface area contributed by atoms with E-state index in [1.54, 1.807) is 12.1 Å². The Morgan fingerprint density at radius 1 is 1.11 bits per heavy atom. The molecule has 0 aliphatic carbocycles. The predicted octanol–water partition coefficient (Wildman–Crippen LogP) is 4.28. The summed E-state index contributed by atoms with van der Waals surface area (Å²) in [6.07, 6.45) is 1.61. The maximum absolute atomic E-state index is 13.9. The van der Waals surface area contributed by atoms with Crippen LogP contribution in [0.4, 0.5) is 4.39 Å². The summed E-state index contributed by atoms with van der Waals surface area (Å²) >= 11 is 5.77. The molecule has 1 unspecified atom stereocenters. The first-order chi connectivity index (χ1) is 9.11. The van der Waals surface area contributed by atoms with Crippen molar-refractivity contribution in [3.8, 4) is 0 Å². The first-order valence-electron chi connectivity index (χ1n) is 6.39. The van der Waals surface area contributed by atoms with Crippen LogP contribution in [0.25, 0.3) is 0 Å². The van der Waals surface area contributed by atoms with E-state index in [0.717, 1.165) is 12.0 Å². The molecule has 2 rings (SSSR count). The molecule has 3 heteroatoms. The standard InChI is InChI=1S/C16H17ClFN/c1-2-11-6-8-12(9-7-11)10-15(19)13-4-3-5-14(17)16(13)18/h3-9,15H,2,10,19H2,1H3. The Morgan fingerprint density at radius 2 is 1.74 bits per heavy atom. The van der Waals surface area contributed by atoms with Gasteiger partial charge in [0.1, 0.15) is 5.82 Å². The van der Waals surface area contributed by atoms with Crippen LogP contribution in [-0.4, -0.2) is 0 Å². The molecule has 0 fully saturated rings. The van der Waals surface area contributed by atoms with Gasteiger partial charge in [-0.25, -0.2) is 4.39 Å². The molecule has 2 aromatic carbocycles. The monoisotopic (exact) mass is 277 g/mol. The largest absolute Gasteiger partial charge is 0.324 e. The molecule has 0 bridgehead atoms. The second-order valence-electron chi connectivity index (χ2n) is 4.62. The summed E-state index contributed by atoms with van der Waals surface area (Å²) in [6, 6.07) is 12.8. The van der Waals surface area contributed by atoms with Crippen LogP contribution in [0.1, 0.15) is 29.7 Å². The topological polar surface area (TPSA) is 26.0 Å². The van der Waals surface area contributed by atoms with Gasteiger partial charge in [-0.2, -0.15) is 0 Å². The average Bonchev–Trinajstić information content (AvgIpc) is 2.42. The summed E-state index contributed by atoms with van der Waals surface area (Å²) in [5, 5.41) is 0.120. The fourth-order valence-corrected chi connectivity index (χ4v) is 2.26. The van der Waals surface area contributed by atoms with Gasteiger partial charge >= 0.3 is 0 Å². The van der Waals surface area contributed by atoms with E-state index in [4.69, 9.17) is 17.3 Å². The van der Waals surface area contributed by atoms with Crippen LogP contribution < -0.4 is 5.73 Å². The van der Waals surface area contributed by atoms with Crippen molar-refractivity contribution >= 4 is 11.6 Å². The first-order valence-corrected chi connectivity index (χ1v) is 6.77. The van der Waals surface area contributed by atoms with Crippen molar-refractivity contribution in [3.05, 3.63) is 70.0 Å². The first kappa shape index (κ1) is 14.0. The maximum atomic E-state index is 13.9. The molecule has 2 aromatic rings. The Bertz CT molecular complexity index is 551. The zero-order valence-corrected chi connectivity index (χ0v) is 11.6. The van der Waals surface area contributed by atoms with Gasteiger partial charge in [-0.15, -0.1) is 0 Å². The molecule has 0 saturated heterocycles. The van der Waals surface area contributed by atoms with Crippen LogP contribution in [0.5, 0.6) is 0 Å². The van der Waals surface area contributed by atoms with Crippen molar-refractivity contribution in [3.63, 3.8) is 0 Å². The Labute approximate surface area is 118 Å². The Morgan fingerprint density at radius 3 is 2.37 bits per heavy atom. The zero-order valence-electron chi connectivity index (χ0n) is 10.9. The molecule has 0 spiro atoms. The van der Waals surface area contributed by atoms with Gasteiger partial charge in [0, 0.05) is 11.6 Å². The third-order valence-corrected chi connectivity index (χ3v) is 3.56. The van der Waals surface area contributed by atoms with Gasteiger partial charge < -0.3 is 5.73 Å². The minimum Gasteiger partial charge on any atom is -0.324 e. The van der Waals surface area contributed by atoms with Crippen LogP contribution >= 0.6 is 11.6 Å². The van der Waals surface area contributed by atoms with Crippen molar-refractivity contribution in [1.29, 1.82) is 0 Å². The zero-order chi connectivity index (χ0) is 13.8. The van der Waals surface area contributed by atoms with E-state index < -0.39 is 5.82 Å². The third-order valence-electron chi connectivity index (χ3n) is 3.27. The number of hydrogen-bond donors (Lipinski definition) is 1. The van der Waals surface area contributed by atoms with E-state index in [1.165, 1.54) is 11.6 Å². The van der Waals surface area contributed by atoms with Crippen LogP contribution in [0.3, 0.4) is 0 Å². The summed E-state index contributed by atoms with van der Waals surface area (Å²) in [5.74, 6) is -0.415. The van der Waals surface area contributed by atoms with E-state index in [1.807, 2.05) is 12.1 Å². The van der Waals surface area contributed by atoms with Gasteiger partial charge in [0.25, 0.3) is 0 Å². The lowest BCUT2D eigenvalue weighted by Crippen LogP contribution is -2.15. The van der Waals surface area contributed by atoms with Crippen LogP contribution in [0, 0.1) is 5.82 Å². The number of nitrogens with two attached hydrogens (primary N) is 1. The highest BCUT2D eigenvalue weighted by atomic mass is 35.5. The molecule has 0 radical (unpaired) electrons. The highest BCUT2D eigenvalue weighted by Gasteiger charge is 2.14. The van der Waals surface area contributed by atoms with Crippen LogP contribution in [0.2, 0.25) is 5.02 Å². The predicted molar refractivity (Wildman–Crippen MR) is 77.9 cm³/mol. The summed E-state index contributed by atoms with van der Waals surface area (Å²) in [7, 11) is 0. The molecule has 2 N–H and O–H groups in total. The Kier molecular flexibility index (Phi) is 4.56. The second-order valence-corrected chi connectivity index (χ2v) is 5.03. The molecule has 1 nitrogen and oxygen atoms in total. The number of aryl methyl sites for hydroxylation is 1. The minimum absolute atomic E-state index is 0.120. The molecule has 0 aromatic heterocycles. The number of hydrogen-bond acceptors (Lipinski definition) is 1. The van der Waals surface area contributed by atoms with Gasteiger partial charge in [0.2, 0.25) is 0 Å². The van der Waals surface area contributed by atoms with Gasteiger partial charge in [-0.05, 0) is 30.0 Å². The molecule has 0 heterocycles. The van der Waals surface area contributed by atoms with Crippen LogP contribution in [-0.2, 0) is 12.8 Å². The lowest BCUT2D eigenvalue weighted by atomic mass is 9.98. The summed E-state index contributed by atoms with van der Waals surface area (Å²) in [6.45, 7) is 2.11. The number of halogens is 2. The van der Waals surface area contributed by atoms with Crippen LogP contribution in [0.15, 0.2) is 42.5 Å². The van der Waals surface area contributed by atoms with Gasteiger partial charge in [-0.3, -0.25) is 0 Å². The molecule has 1 atom stereocenters. The molecule has 0 saturated carbocycles. The van der Waals surface area contributed by atoms with E-state index >= 15 is 0 Å². The molecule has 0 amide bonds. The molecular formula is C16H17ClFN. The van der Waals surface area contributed by atoms with Gasteiger partial charge in [-0.1, -0.05) is 54.9 Å². The molecule has 100 valence electrons. The number of benzene rings is 2. The second kappa shape index (κ2) is 6.18. The molecule has 0 aliphatic heterocycles. The van der Waals surface area contributed by atoms with Crippen molar-refractivity contribution in [2.75, 3.05) is 0 Å². The van der Waals surface area contributed by atoms with Crippen molar-refractivity contribution < 1.29 is 4.39 Å².